The van der Waals surface area contributed by atoms with Crippen LogP contribution in [0.15, 0.2) is 182 Å². The Kier molecular flexibility index (Phi) is 6.22. The molecular weight excluding hydrogens is 633 g/mol. The summed E-state index contributed by atoms with van der Waals surface area (Å²) < 4.78 is 2.67. The molecule has 0 radical (unpaired) electrons. The molecule has 10 aromatic carbocycles. The predicted molar refractivity (Wildman–Crippen MR) is 222 cm³/mol. The minimum Gasteiger partial charge on any atom is -0.135 e. The molecule has 11 aromatic rings. The van der Waals surface area contributed by atoms with Gasteiger partial charge in [-0.3, -0.25) is 0 Å². The molecule has 0 bridgehead atoms. The van der Waals surface area contributed by atoms with Gasteiger partial charge >= 0.3 is 0 Å². The van der Waals surface area contributed by atoms with Gasteiger partial charge in [0, 0.05) is 25.7 Å². The predicted octanol–water partition coefficient (Wildman–Crippen LogP) is 14.8. The van der Waals surface area contributed by atoms with Crippen molar-refractivity contribution in [1.29, 1.82) is 0 Å². The highest BCUT2D eigenvalue weighted by Crippen LogP contribution is 2.50. The Hall–Kier alpha value is -6.28. The van der Waals surface area contributed by atoms with Crippen LogP contribution in [0.3, 0.4) is 0 Å². The van der Waals surface area contributed by atoms with E-state index in [9.17, 15) is 0 Å². The van der Waals surface area contributed by atoms with E-state index in [1.165, 1.54) is 108 Å². The maximum Gasteiger partial charge on any atom is 0.0434 e. The summed E-state index contributed by atoms with van der Waals surface area (Å²) in [4.78, 5) is 0. The molecule has 0 N–H and O–H groups in total. The number of thiophene rings is 1. The molecule has 0 saturated heterocycles. The molecule has 0 aliphatic heterocycles. The van der Waals surface area contributed by atoms with Gasteiger partial charge in [0.05, 0.1) is 0 Å². The third-order valence-electron chi connectivity index (χ3n) is 10.8. The highest BCUT2D eigenvalue weighted by atomic mass is 32.1. The van der Waals surface area contributed by atoms with Gasteiger partial charge in [0.25, 0.3) is 0 Å². The lowest BCUT2D eigenvalue weighted by Gasteiger charge is -2.22. The van der Waals surface area contributed by atoms with Crippen LogP contribution in [0.2, 0.25) is 0 Å². The molecule has 0 saturated carbocycles. The zero-order valence-corrected chi connectivity index (χ0v) is 28.5. The van der Waals surface area contributed by atoms with Crippen molar-refractivity contribution in [2.75, 3.05) is 0 Å². The second kappa shape index (κ2) is 11.1. The van der Waals surface area contributed by atoms with E-state index >= 15 is 0 Å². The maximum atomic E-state index is 2.46. The SMILES string of the molecule is c1ccc(-c2cc(-c3ccc4ccccc4c3)c3ccc4c(-c5ccccc5)cc(-c5cccc6c5sc5ccccc56)c5ccc2c3c45)cc1. The van der Waals surface area contributed by atoms with Gasteiger partial charge in [0.15, 0.2) is 0 Å². The first kappa shape index (κ1) is 28.5. The second-order valence-electron chi connectivity index (χ2n) is 13.6. The van der Waals surface area contributed by atoms with E-state index in [1.807, 2.05) is 11.3 Å². The monoisotopic (exact) mass is 662 g/mol. The summed E-state index contributed by atoms with van der Waals surface area (Å²) in [5.41, 5.74) is 10.1. The average Bonchev–Trinajstić information content (AvgIpc) is 3.59. The van der Waals surface area contributed by atoms with Crippen molar-refractivity contribution in [1.82, 2.24) is 0 Å². The van der Waals surface area contributed by atoms with Gasteiger partial charge in [0.2, 0.25) is 0 Å². The Morgan fingerprint density at radius 3 is 1.49 bits per heavy atom. The van der Waals surface area contributed by atoms with Crippen LogP contribution < -0.4 is 0 Å². The quantitative estimate of drug-likeness (QED) is 0.165. The molecule has 51 heavy (non-hydrogen) atoms. The number of rotatable bonds is 4. The minimum absolute atomic E-state index is 1.23. The summed E-state index contributed by atoms with van der Waals surface area (Å²) in [6, 6.07) is 67.5. The van der Waals surface area contributed by atoms with Crippen molar-refractivity contribution < 1.29 is 0 Å². The fourth-order valence-corrected chi connectivity index (χ4v) is 9.71. The fourth-order valence-electron chi connectivity index (χ4n) is 8.48. The van der Waals surface area contributed by atoms with Crippen molar-refractivity contribution in [3.8, 4) is 44.5 Å². The fraction of sp³-hybridized carbons (Fsp3) is 0. The normalized spacial score (nSPS) is 11.9. The molecular formula is C50H30S. The van der Waals surface area contributed by atoms with Gasteiger partial charge in [0.1, 0.15) is 0 Å². The van der Waals surface area contributed by atoms with E-state index < -0.39 is 0 Å². The van der Waals surface area contributed by atoms with Gasteiger partial charge in [-0.05, 0) is 106 Å². The number of hydrogen-bond acceptors (Lipinski definition) is 1. The van der Waals surface area contributed by atoms with Crippen LogP contribution in [0, 0.1) is 0 Å². The van der Waals surface area contributed by atoms with Gasteiger partial charge in [-0.1, -0.05) is 158 Å². The topological polar surface area (TPSA) is 0 Å². The largest absolute Gasteiger partial charge is 0.135 e. The third-order valence-corrected chi connectivity index (χ3v) is 12.0. The van der Waals surface area contributed by atoms with Crippen LogP contribution in [0.1, 0.15) is 0 Å². The Balaban J connectivity index is 1.32. The molecule has 0 aliphatic rings. The summed E-state index contributed by atoms with van der Waals surface area (Å²) in [6.07, 6.45) is 0. The highest BCUT2D eigenvalue weighted by molar-refractivity contribution is 7.26. The van der Waals surface area contributed by atoms with Gasteiger partial charge in [-0.15, -0.1) is 11.3 Å². The van der Waals surface area contributed by atoms with Crippen LogP contribution >= 0.6 is 11.3 Å². The molecule has 0 amide bonds. The molecule has 0 fully saturated rings. The molecule has 236 valence electrons. The van der Waals surface area contributed by atoms with Gasteiger partial charge in [-0.2, -0.15) is 0 Å². The van der Waals surface area contributed by atoms with Crippen molar-refractivity contribution in [3.05, 3.63) is 182 Å². The molecule has 1 aromatic heterocycles. The molecule has 1 heteroatoms. The van der Waals surface area contributed by atoms with E-state index in [2.05, 4.69) is 182 Å². The lowest BCUT2D eigenvalue weighted by atomic mass is 9.81. The summed E-state index contributed by atoms with van der Waals surface area (Å²) in [7, 11) is 0. The lowest BCUT2D eigenvalue weighted by Crippen LogP contribution is -1.94. The van der Waals surface area contributed by atoms with E-state index in [1.54, 1.807) is 0 Å². The highest BCUT2D eigenvalue weighted by Gasteiger charge is 2.22. The average molecular weight is 663 g/mol. The zero-order valence-electron chi connectivity index (χ0n) is 27.7. The van der Waals surface area contributed by atoms with Crippen molar-refractivity contribution >= 4 is 74.6 Å². The van der Waals surface area contributed by atoms with Crippen LogP contribution in [-0.2, 0) is 0 Å². The smallest absolute Gasteiger partial charge is 0.0434 e. The second-order valence-corrected chi connectivity index (χ2v) is 14.6. The van der Waals surface area contributed by atoms with Crippen molar-refractivity contribution in [3.63, 3.8) is 0 Å². The first-order valence-electron chi connectivity index (χ1n) is 17.6. The summed E-state index contributed by atoms with van der Waals surface area (Å²) in [5, 5.41) is 13.0. The Morgan fingerprint density at radius 1 is 0.275 bits per heavy atom. The van der Waals surface area contributed by atoms with E-state index in [0.717, 1.165) is 0 Å². The Morgan fingerprint density at radius 2 is 0.804 bits per heavy atom. The number of hydrogen-bond donors (Lipinski definition) is 0. The maximum absolute atomic E-state index is 2.46. The Labute approximate surface area is 299 Å². The summed E-state index contributed by atoms with van der Waals surface area (Å²) in [6.45, 7) is 0. The van der Waals surface area contributed by atoms with E-state index in [0.29, 0.717) is 0 Å². The molecule has 0 atom stereocenters. The minimum atomic E-state index is 1.23. The van der Waals surface area contributed by atoms with E-state index in [-0.39, 0.29) is 0 Å². The summed E-state index contributed by atoms with van der Waals surface area (Å²) >= 11 is 1.90. The van der Waals surface area contributed by atoms with Crippen LogP contribution in [-0.4, -0.2) is 0 Å². The molecule has 1 heterocycles. The summed E-state index contributed by atoms with van der Waals surface area (Å²) in [5.74, 6) is 0. The van der Waals surface area contributed by atoms with Gasteiger partial charge in [-0.25, -0.2) is 0 Å². The van der Waals surface area contributed by atoms with Crippen molar-refractivity contribution in [2.24, 2.45) is 0 Å². The van der Waals surface area contributed by atoms with Gasteiger partial charge < -0.3 is 0 Å². The number of benzene rings is 10. The van der Waals surface area contributed by atoms with Crippen LogP contribution in [0.4, 0.5) is 0 Å². The van der Waals surface area contributed by atoms with E-state index in [4.69, 9.17) is 0 Å². The number of fused-ring (bicyclic) bond motifs is 4. The first-order chi connectivity index (χ1) is 25.3. The molecule has 0 nitrogen and oxygen atoms in total. The standard InChI is InChI=1S/C50H30S/c1-3-13-32(14-4-1)43-29-45(35-23-22-31-12-7-8-17-34(31)28-35)39-25-24-38-44(33-15-5-2-6-16-33)30-46(40-27-26-37(43)48(39)49(38)40)42-20-11-19-41-36-18-9-10-21-47(36)51-50(41)42/h1-30H. The van der Waals surface area contributed by atoms with Crippen molar-refractivity contribution in [2.45, 2.75) is 0 Å². The Bertz CT molecular complexity index is 3110. The third kappa shape index (κ3) is 4.32. The van der Waals surface area contributed by atoms with Crippen LogP contribution in [0.5, 0.6) is 0 Å². The lowest BCUT2D eigenvalue weighted by molar-refractivity contribution is 1.64. The first-order valence-corrected chi connectivity index (χ1v) is 18.4. The van der Waals surface area contributed by atoms with Crippen LogP contribution in [0.25, 0.3) is 108 Å². The molecule has 0 aliphatic carbocycles. The molecule has 11 rings (SSSR count). The zero-order chi connectivity index (χ0) is 33.5. The molecule has 0 unspecified atom stereocenters. The molecule has 0 spiro atoms.